The van der Waals surface area contributed by atoms with Crippen molar-refractivity contribution in [3.8, 4) is 0 Å². The number of nitrogens with one attached hydrogen (secondary N) is 2. The average Bonchev–Trinajstić information content (AvgIpc) is 2.68. The van der Waals surface area contributed by atoms with Gasteiger partial charge in [0, 0.05) is 12.1 Å². The largest absolute Gasteiger partial charge is 0.452 e. The molecule has 0 fully saturated rings. The number of halogens is 1. The topological polar surface area (TPSA) is 71.3 Å². The number of furan rings is 1. The highest BCUT2D eigenvalue weighted by Crippen LogP contribution is 2.26. The van der Waals surface area contributed by atoms with E-state index in [1.807, 2.05) is 20.8 Å². The van der Waals surface area contributed by atoms with Crippen molar-refractivity contribution in [1.82, 2.24) is 10.0 Å². The molecule has 1 aromatic heterocycles. The van der Waals surface area contributed by atoms with Crippen LogP contribution in [0.5, 0.6) is 0 Å². The molecule has 0 aliphatic carbocycles. The Balaban J connectivity index is 2.85. The van der Waals surface area contributed by atoms with Crippen LogP contribution in [0.1, 0.15) is 39.4 Å². The zero-order valence-corrected chi connectivity index (χ0v) is 13.9. The fraction of sp³-hybridized carbons (Fsp3) is 0.667. The Morgan fingerprint density at radius 2 is 2.11 bits per heavy atom. The zero-order chi connectivity index (χ0) is 14.5. The molecule has 0 saturated heterocycles. The molecule has 0 aliphatic heterocycles. The lowest BCUT2D eigenvalue weighted by molar-refractivity contribution is 0.463. The van der Waals surface area contributed by atoms with E-state index in [1.54, 1.807) is 6.07 Å². The lowest BCUT2D eigenvalue weighted by atomic mass is 10.2. The van der Waals surface area contributed by atoms with E-state index >= 15 is 0 Å². The average molecular weight is 353 g/mol. The Morgan fingerprint density at radius 3 is 2.68 bits per heavy atom. The normalized spacial score (nSPS) is 13.7. The fourth-order valence-corrected chi connectivity index (χ4v) is 4.01. The molecule has 0 aromatic carbocycles. The van der Waals surface area contributed by atoms with Crippen LogP contribution < -0.4 is 10.0 Å². The molecule has 0 amide bonds. The maximum atomic E-state index is 12.2. The van der Waals surface area contributed by atoms with Crippen molar-refractivity contribution >= 4 is 26.0 Å². The molecule has 0 saturated carbocycles. The summed E-state index contributed by atoms with van der Waals surface area (Å²) in [6.45, 7) is 7.16. The molecule has 0 bridgehead atoms. The van der Waals surface area contributed by atoms with Crippen LogP contribution in [0.25, 0.3) is 0 Å². The Kier molecular flexibility index (Phi) is 6.52. The summed E-state index contributed by atoms with van der Waals surface area (Å²) in [6.07, 6.45) is 1.74. The quantitative estimate of drug-likeness (QED) is 0.754. The van der Waals surface area contributed by atoms with Gasteiger partial charge in [0.2, 0.25) is 10.0 Å². The van der Waals surface area contributed by atoms with E-state index in [2.05, 4.69) is 26.0 Å². The molecule has 1 unspecified atom stereocenters. The van der Waals surface area contributed by atoms with Crippen molar-refractivity contribution in [1.29, 1.82) is 0 Å². The van der Waals surface area contributed by atoms with Crippen molar-refractivity contribution in [3.63, 3.8) is 0 Å². The third kappa shape index (κ3) is 4.91. The second-order valence-corrected chi connectivity index (χ2v) is 6.84. The Morgan fingerprint density at radius 1 is 1.42 bits per heavy atom. The second kappa shape index (κ2) is 7.42. The Labute approximate surface area is 123 Å². The van der Waals surface area contributed by atoms with Crippen molar-refractivity contribution < 1.29 is 12.8 Å². The summed E-state index contributed by atoms with van der Waals surface area (Å²) in [7, 11) is -3.53. The lowest BCUT2D eigenvalue weighted by Gasteiger charge is -2.12. The highest BCUT2D eigenvalue weighted by molar-refractivity contribution is 9.10. The molecule has 19 heavy (non-hydrogen) atoms. The molecule has 1 heterocycles. The van der Waals surface area contributed by atoms with Gasteiger partial charge in [0.25, 0.3) is 0 Å². The minimum absolute atomic E-state index is 0.0889. The molecule has 1 aromatic rings. The molecule has 0 spiro atoms. The maximum absolute atomic E-state index is 12.2. The zero-order valence-electron chi connectivity index (χ0n) is 11.5. The predicted molar refractivity (Wildman–Crippen MR) is 78.5 cm³/mol. The SMILES string of the molecule is CCCC(C)NS(=O)(=O)c1cc(CNCC)oc1Br. The highest BCUT2D eigenvalue weighted by atomic mass is 79.9. The van der Waals surface area contributed by atoms with E-state index in [-0.39, 0.29) is 15.6 Å². The molecule has 2 N–H and O–H groups in total. The van der Waals surface area contributed by atoms with Gasteiger partial charge in [-0.1, -0.05) is 20.3 Å². The van der Waals surface area contributed by atoms with Crippen LogP contribution in [-0.2, 0) is 16.6 Å². The number of hydrogen-bond acceptors (Lipinski definition) is 4. The fourth-order valence-electron chi connectivity index (χ4n) is 1.74. The summed E-state index contributed by atoms with van der Waals surface area (Å²) < 4.78 is 32.7. The van der Waals surface area contributed by atoms with Crippen LogP contribution in [0.2, 0.25) is 0 Å². The predicted octanol–water partition coefficient (Wildman–Crippen LogP) is 2.62. The standard InChI is InChI=1S/C12H21BrN2O3S/c1-4-6-9(3)15-19(16,17)11-7-10(8-14-5-2)18-12(11)13/h7,9,14-15H,4-6,8H2,1-3H3. The van der Waals surface area contributed by atoms with Gasteiger partial charge in [0.15, 0.2) is 4.67 Å². The first-order valence-corrected chi connectivity index (χ1v) is 8.69. The van der Waals surface area contributed by atoms with Gasteiger partial charge in [-0.15, -0.1) is 0 Å². The molecule has 5 nitrogen and oxygen atoms in total. The molecular formula is C12H21BrN2O3S. The first-order chi connectivity index (χ1) is 8.90. The van der Waals surface area contributed by atoms with Crippen LogP contribution in [0.4, 0.5) is 0 Å². The minimum atomic E-state index is -3.53. The molecular weight excluding hydrogens is 332 g/mol. The van der Waals surface area contributed by atoms with Gasteiger partial charge < -0.3 is 9.73 Å². The summed E-state index contributed by atoms with van der Waals surface area (Å²) in [5, 5.41) is 3.09. The van der Waals surface area contributed by atoms with Gasteiger partial charge in [-0.3, -0.25) is 0 Å². The number of rotatable bonds is 8. The first-order valence-electron chi connectivity index (χ1n) is 6.42. The van der Waals surface area contributed by atoms with Gasteiger partial charge in [0.1, 0.15) is 10.7 Å². The third-order valence-electron chi connectivity index (χ3n) is 2.62. The van der Waals surface area contributed by atoms with Crippen LogP contribution in [0.15, 0.2) is 20.0 Å². The van der Waals surface area contributed by atoms with Crippen molar-refractivity contribution in [2.24, 2.45) is 0 Å². The summed E-state index contributed by atoms with van der Waals surface area (Å²) in [4.78, 5) is 0.156. The first kappa shape index (κ1) is 16.7. The van der Waals surface area contributed by atoms with Crippen molar-refractivity contribution in [2.75, 3.05) is 6.54 Å². The number of hydrogen-bond donors (Lipinski definition) is 2. The van der Waals surface area contributed by atoms with Crippen LogP contribution in [0, 0.1) is 0 Å². The summed E-state index contributed by atoms with van der Waals surface area (Å²) in [6, 6.07) is 1.46. The van der Waals surface area contributed by atoms with Gasteiger partial charge >= 0.3 is 0 Å². The van der Waals surface area contributed by atoms with E-state index in [0.717, 1.165) is 19.4 Å². The van der Waals surface area contributed by atoms with E-state index in [4.69, 9.17) is 4.42 Å². The summed E-state index contributed by atoms with van der Waals surface area (Å²) in [5.74, 6) is 0.595. The van der Waals surface area contributed by atoms with E-state index < -0.39 is 10.0 Å². The maximum Gasteiger partial charge on any atom is 0.245 e. The van der Waals surface area contributed by atoms with Crippen LogP contribution in [0.3, 0.4) is 0 Å². The third-order valence-corrected chi connectivity index (χ3v) is 5.07. The van der Waals surface area contributed by atoms with E-state index in [0.29, 0.717) is 12.3 Å². The molecule has 110 valence electrons. The van der Waals surface area contributed by atoms with Crippen LogP contribution >= 0.6 is 15.9 Å². The van der Waals surface area contributed by atoms with Gasteiger partial charge in [-0.05, 0) is 35.8 Å². The van der Waals surface area contributed by atoms with Crippen LogP contribution in [-0.4, -0.2) is 21.0 Å². The highest BCUT2D eigenvalue weighted by Gasteiger charge is 2.23. The van der Waals surface area contributed by atoms with Crippen molar-refractivity contribution in [3.05, 3.63) is 16.5 Å². The van der Waals surface area contributed by atoms with E-state index in [9.17, 15) is 8.42 Å². The Hall–Kier alpha value is -0.370. The summed E-state index contributed by atoms with van der Waals surface area (Å²) in [5.41, 5.74) is 0. The monoisotopic (exact) mass is 352 g/mol. The summed E-state index contributed by atoms with van der Waals surface area (Å²) >= 11 is 3.16. The lowest BCUT2D eigenvalue weighted by Crippen LogP contribution is -2.32. The van der Waals surface area contributed by atoms with Gasteiger partial charge in [0.05, 0.1) is 6.54 Å². The molecule has 1 atom stereocenters. The van der Waals surface area contributed by atoms with Crippen molar-refractivity contribution in [2.45, 2.75) is 51.1 Å². The van der Waals surface area contributed by atoms with Gasteiger partial charge in [-0.2, -0.15) is 0 Å². The molecule has 0 aliphatic rings. The smallest absolute Gasteiger partial charge is 0.245 e. The number of sulfonamides is 1. The second-order valence-electron chi connectivity index (χ2n) is 4.44. The van der Waals surface area contributed by atoms with E-state index in [1.165, 1.54) is 0 Å². The molecule has 0 radical (unpaired) electrons. The molecule has 7 heteroatoms. The molecule has 1 rings (SSSR count). The van der Waals surface area contributed by atoms with Gasteiger partial charge in [-0.25, -0.2) is 13.1 Å². The minimum Gasteiger partial charge on any atom is -0.452 e. The Bertz CT molecular complexity index is 499.